The Morgan fingerprint density at radius 3 is 2.90 bits per heavy atom. The first-order chi connectivity index (χ1) is 10.1. The van der Waals surface area contributed by atoms with Crippen LogP contribution in [0.25, 0.3) is 0 Å². The van der Waals surface area contributed by atoms with Crippen molar-refractivity contribution < 1.29 is 14.7 Å². The fraction of sp³-hybridized carbons (Fsp3) is 0.500. The third-order valence-electron chi connectivity index (χ3n) is 3.91. The van der Waals surface area contributed by atoms with Gasteiger partial charge in [-0.15, -0.1) is 0 Å². The molecule has 1 aliphatic carbocycles. The maximum atomic E-state index is 12.5. The molecule has 0 saturated carbocycles. The SMILES string of the molecule is CSCCC(NC(=O)C1CCCc2ccccc21)C(=O)O. The zero-order valence-electron chi connectivity index (χ0n) is 12.2. The van der Waals surface area contributed by atoms with E-state index in [-0.39, 0.29) is 11.8 Å². The summed E-state index contributed by atoms with van der Waals surface area (Å²) in [6, 6.07) is 7.16. The van der Waals surface area contributed by atoms with E-state index in [2.05, 4.69) is 11.4 Å². The molecule has 21 heavy (non-hydrogen) atoms. The van der Waals surface area contributed by atoms with Gasteiger partial charge >= 0.3 is 5.97 Å². The molecule has 0 spiro atoms. The first-order valence-electron chi connectivity index (χ1n) is 7.23. The summed E-state index contributed by atoms with van der Waals surface area (Å²) in [6.45, 7) is 0. The number of carboxylic acid groups (broad SMARTS) is 1. The number of carbonyl (C=O) groups is 2. The van der Waals surface area contributed by atoms with Crippen LogP contribution in [0.1, 0.15) is 36.3 Å². The molecule has 5 heteroatoms. The third kappa shape index (κ3) is 4.00. The highest BCUT2D eigenvalue weighted by Gasteiger charge is 2.29. The van der Waals surface area contributed by atoms with Gasteiger partial charge in [-0.25, -0.2) is 4.79 Å². The van der Waals surface area contributed by atoms with Crippen LogP contribution in [0.4, 0.5) is 0 Å². The number of nitrogens with one attached hydrogen (secondary N) is 1. The molecule has 0 fully saturated rings. The van der Waals surface area contributed by atoms with Gasteiger partial charge in [0.2, 0.25) is 5.91 Å². The molecule has 114 valence electrons. The van der Waals surface area contributed by atoms with Gasteiger partial charge in [-0.05, 0) is 48.8 Å². The normalized spacial score (nSPS) is 18.6. The highest BCUT2D eigenvalue weighted by Crippen LogP contribution is 2.31. The van der Waals surface area contributed by atoms with E-state index in [1.54, 1.807) is 11.8 Å². The molecular formula is C16H21NO3S. The predicted octanol–water partition coefficient (Wildman–Crippen LogP) is 2.43. The summed E-state index contributed by atoms with van der Waals surface area (Å²) < 4.78 is 0. The minimum atomic E-state index is -0.957. The number of aliphatic carboxylic acids is 1. The average Bonchev–Trinajstić information content (AvgIpc) is 2.50. The Balaban J connectivity index is 2.08. The second kappa shape index (κ2) is 7.50. The first kappa shape index (κ1) is 15.9. The minimum Gasteiger partial charge on any atom is -0.480 e. The fourth-order valence-corrected chi connectivity index (χ4v) is 3.26. The van der Waals surface area contributed by atoms with E-state index in [0.29, 0.717) is 6.42 Å². The quantitative estimate of drug-likeness (QED) is 0.847. The lowest BCUT2D eigenvalue weighted by molar-refractivity contribution is -0.142. The minimum absolute atomic E-state index is 0.157. The lowest BCUT2D eigenvalue weighted by Gasteiger charge is -2.26. The Morgan fingerprint density at radius 2 is 2.19 bits per heavy atom. The Hall–Kier alpha value is -1.49. The summed E-state index contributed by atoms with van der Waals surface area (Å²) in [6.07, 6.45) is 5.14. The number of hydrogen-bond donors (Lipinski definition) is 2. The topological polar surface area (TPSA) is 66.4 Å². The lowest BCUT2D eigenvalue weighted by atomic mass is 9.82. The molecule has 1 aromatic carbocycles. The molecule has 0 aliphatic heterocycles. The van der Waals surface area contributed by atoms with Gasteiger partial charge in [-0.3, -0.25) is 4.79 Å². The number of hydrogen-bond acceptors (Lipinski definition) is 3. The van der Waals surface area contributed by atoms with Crippen molar-refractivity contribution >= 4 is 23.6 Å². The van der Waals surface area contributed by atoms with Crippen LogP contribution in [-0.2, 0) is 16.0 Å². The Labute approximate surface area is 129 Å². The third-order valence-corrected chi connectivity index (χ3v) is 4.56. The van der Waals surface area contributed by atoms with Crippen LogP contribution in [0, 0.1) is 0 Å². The largest absolute Gasteiger partial charge is 0.480 e. The smallest absolute Gasteiger partial charge is 0.326 e. The number of thioether (sulfide) groups is 1. The van der Waals surface area contributed by atoms with Crippen molar-refractivity contribution in [3.63, 3.8) is 0 Å². The van der Waals surface area contributed by atoms with E-state index >= 15 is 0 Å². The van der Waals surface area contributed by atoms with Crippen molar-refractivity contribution in [2.75, 3.05) is 12.0 Å². The van der Waals surface area contributed by atoms with Gasteiger partial charge in [0.05, 0.1) is 5.92 Å². The molecule has 0 bridgehead atoms. The number of fused-ring (bicyclic) bond motifs is 1. The molecule has 2 unspecified atom stereocenters. The van der Waals surface area contributed by atoms with Crippen LogP contribution in [0.15, 0.2) is 24.3 Å². The second-order valence-electron chi connectivity index (χ2n) is 5.32. The van der Waals surface area contributed by atoms with Crippen molar-refractivity contribution in [3.05, 3.63) is 35.4 Å². The van der Waals surface area contributed by atoms with Crippen LogP contribution in [-0.4, -0.2) is 35.0 Å². The van der Waals surface area contributed by atoms with Crippen LogP contribution in [0.5, 0.6) is 0 Å². The van der Waals surface area contributed by atoms with E-state index < -0.39 is 12.0 Å². The van der Waals surface area contributed by atoms with Crippen LogP contribution in [0.3, 0.4) is 0 Å². The van der Waals surface area contributed by atoms with Gasteiger partial charge in [0.15, 0.2) is 0 Å². The van der Waals surface area contributed by atoms with Crippen LogP contribution < -0.4 is 5.32 Å². The van der Waals surface area contributed by atoms with E-state index in [0.717, 1.165) is 30.6 Å². The number of aryl methyl sites for hydroxylation is 1. The van der Waals surface area contributed by atoms with Crippen LogP contribution in [0.2, 0.25) is 0 Å². The molecule has 0 aromatic heterocycles. The van der Waals surface area contributed by atoms with E-state index in [9.17, 15) is 14.7 Å². The molecule has 1 aromatic rings. The molecule has 2 atom stereocenters. The molecule has 0 radical (unpaired) electrons. The van der Waals surface area contributed by atoms with E-state index in [1.807, 2.05) is 24.5 Å². The highest BCUT2D eigenvalue weighted by molar-refractivity contribution is 7.98. The van der Waals surface area contributed by atoms with Crippen LogP contribution >= 0.6 is 11.8 Å². The van der Waals surface area contributed by atoms with Gasteiger partial charge < -0.3 is 10.4 Å². The first-order valence-corrected chi connectivity index (χ1v) is 8.62. The highest BCUT2D eigenvalue weighted by atomic mass is 32.2. The predicted molar refractivity (Wildman–Crippen MR) is 84.7 cm³/mol. The van der Waals surface area contributed by atoms with E-state index in [4.69, 9.17) is 0 Å². The van der Waals surface area contributed by atoms with Crippen molar-refractivity contribution in [1.29, 1.82) is 0 Å². The number of amides is 1. The maximum absolute atomic E-state index is 12.5. The average molecular weight is 307 g/mol. The summed E-state index contributed by atoms with van der Waals surface area (Å²) in [7, 11) is 0. The Bertz CT molecular complexity index is 518. The molecular weight excluding hydrogens is 286 g/mol. The zero-order chi connectivity index (χ0) is 15.2. The fourth-order valence-electron chi connectivity index (χ4n) is 2.79. The van der Waals surface area contributed by atoms with Crippen molar-refractivity contribution in [2.45, 2.75) is 37.6 Å². The molecule has 2 rings (SSSR count). The van der Waals surface area contributed by atoms with Gasteiger partial charge in [0.25, 0.3) is 0 Å². The zero-order valence-corrected chi connectivity index (χ0v) is 13.0. The molecule has 1 aliphatic rings. The number of rotatable bonds is 6. The van der Waals surface area contributed by atoms with Crippen molar-refractivity contribution in [3.8, 4) is 0 Å². The molecule has 0 saturated heterocycles. The van der Waals surface area contributed by atoms with Crippen molar-refractivity contribution in [1.82, 2.24) is 5.32 Å². The summed E-state index contributed by atoms with van der Waals surface area (Å²) in [5, 5.41) is 11.9. The standard InChI is InChI=1S/C16H21NO3S/c1-21-10-9-14(16(19)20)17-15(18)13-8-4-6-11-5-2-3-7-12(11)13/h2-3,5,7,13-14H,4,6,8-10H2,1H3,(H,17,18)(H,19,20). The second-order valence-corrected chi connectivity index (χ2v) is 6.31. The molecule has 0 heterocycles. The number of benzene rings is 1. The number of carboxylic acids is 1. The summed E-state index contributed by atoms with van der Waals surface area (Å²) >= 11 is 1.58. The summed E-state index contributed by atoms with van der Waals surface area (Å²) in [5.74, 6) is -0.610. The number of carbonyl (C=O) groups excluding carboxylic acids is 1. The van der Waals surface area contributed by atoms with Gasteiger partial charge in [0, 0.05) is 0 Å². The summed E-state index contributed by atoms with van der Waals surface area (Å²) in [4.78, 5) is 23.7. The molecule has 4 nitrogen and oxygen atoms in total. The monoisotopic (exact) mass is 307 g/mol. The van der Waals surface area contributed by atoms with E-state index in [1.165, 1.54) is 5.56 Å². The lowest BCUT2D eigenvalue weighted by Crippen LogP contribution is -2.43. The van der Waals surface area contributed by atoms with Gasteiger partial charge in [-0.1, -0.05) is 24.3 Å². The van der Waals surface area contributed by atoms with Gasteiger partial charge in [-0.2, -0.15) is 11.8 Å². The van der Waals surface area contributed by atoms with Crippen molar-refractivity contribution in [2.24, 2.45) is 0 Å². The Kier molecular flexibility index (Phi) is 5.67. The maximum Gasteiger partial charge on any atom is 0.326 e. The summed E-state index contributed by atoms with van der Waals surface area (Å²) in [5.41, 5.74) is 2.26. The molecule has 2 N–H and O–H groups in total. The Morgan fingerprint density at radius 1 is 1.43 bits per heavy atom. The molecule has 1 amide bonds. The van der Waals surface area contributed by atoms with Gasteiger partial charge in [0.1, 0.15) is 6.04 Å².